The Labute approximate surface area is 72.1 Å². The van der Waals surface area contributed by atoms with Gasteiger partial charge in [-0.3, -0.25) is 5.10 Å². The van der Waals surface area contributed by atoms with Crippen molar-refractivity contribution in [2.45, 2.75) is 32.3 Å². The van der Waals surface area contributed by atoms with Crippen LogP contribution in [0.15, 0.2) is 6.20 Å². The molecule has 0 fully saturated rings. The van der Waals surface area contributed by atoms with E-state index in [0.717, 1.165) is 25.9 Å². The highest BCUT2D eigenvalue weighted by Gasteiger charge is 2.19. The summed E-state index contributed by atoms with van der Waals surface area (Å²) in [7, 11) is 0. The molecule has 2 rings (SSSR count). The van der Waals surface area contributed by atoms with Gasteiger partial charge in [-0.1, -0.05) is 0 Å². The summed E-state index contributed by atoms with van der Waals surface area (Å²) >= 11 is 0. The monoisotopic (exact) mass is 166 g/mol. The van der Waals surface area contributed by atoms with Crippen LogP contribution in [0.2, 0.25) is 0 Å². The van der Waals surface area contributed by atoms with E-state index in [1.165, 1.54) is 11.3 Å². The number of hydrogen-bond acceptors (Lipinski definition) is 2. The molecular weight excluding hydrogens is 152 g/mol. The largest absolute Gasteiger partial charge is 0.378 e. The average Bonchev–Trinajstić information content (AvgIpc) is 2.51. The number of H-pyrrole nitrogens is 1. The molecule has 0 amide bonds. The summed E-state index contributed by atoms with van der Waals surface area (Å²) in [6.07, 6.45) is 5.58. The van der Waals surface area contributed by atoms with E-state index in [9.17, 15) is 0 Å². The first kappa shape index (κ1) is 7.80. The van der Waals surface area contributed by atoms with E-state index in [1.807, 2.05) is 13.1 Å². The van der Waals surface area contributed by atoms with Gasteiger partial charge in [0.1, 0.15) is 0 Å². The minimum Gasteiger partial charge on any atom is -0.378 e. The van der Waals surface area contributed by atoms with Gasteiger partial charge >= 0.3 is 0 Å². The molecule has 0 bridgehead atoms. The van der Waals surface area contributed by atoms with Crippen molar-refractivity contribution in [3.05, 3.63) is 17.5 Å². The molecule has 0 spiro atoms. The summed E-state index contributed by atoms with van der Waals surface area (Å²) in [4.78, 5) is 0. The zero-order chi connectivity index (χ0) is 8.39. The molecule has 3 heteroatoms. The van der Waals surface area contributed by atoms with Crippen LogP contribution in [0.1, 0.15) is 24.6 Å². The average molecular weight is 166 g/mol. The number of fused-ring (bicyclic) bond motifs is 1. The fourth-order valence-electron chi connectivity index (χ4n) is 1.75. The molecule has 0 aromatic carbocycles. The summed E-state index contributed by atoms with van der Waals surface area (Å²) in [6.45, 7) is 2.86. The number of hydrogen-bond donors (Lipinski definition) is 1. The summed E-state index contributed by atoms with van der Waals surface area (Å²) in [6, 6.07) is 0. The first-order valence-electron chi connectivity index (χ1n) is 4.53. The Morgan fingerprint density at radius 3 is 3.50 bits per heavy atom. The van der Waals surface area contributed by atoms with Gasteiger partial charge in [0.2, 0.25) is 0 Å². The molecule has 1 aliphatic carbocycles. The number of aromatic nitrogens is 2. The van der Waals surface area contributed by atoms with Crippen LogP contribution >= 0.6 is 0 Å². The summed E-state index contributed by atoms with van der Waals surface area (Å²) in [5.74, 6) is 0. The van der Waals surface area contributed by atoms with Gasteiger partial charge in [-0.2, -0.15) is 5.10 Å². The second kappa shape index (κ2) is 3.27. The number of nitrogens with zero attached hydrogens (tertiary/aromatic N) is 1. The summed E-state index contributed by atoms with van der Waals surface area (Å²) in [5.41, 5.74) is 2.63. The summed E-state index contributed by atoms with van der Waals surface area (Å²) in [5, 5.41) is 7.03. The third-order valence-corrected chi connectivity index (χ3v) is 2.38. The molecule has 1 N–H and O–H groups in total. The van der Waals surface area contributed by atoms with E-state index in [4.69, 9.17) is 4.74 Å². The molecule has 1 atom stereocenters. The Kier molecular flexibility index (Phi) is 2.13. The first-order chi connectivity index (χ1) is 5.90. The van der Waals surface area contributed by atoms with Crippen molar-refractivity contribution >= 4 is 0 Å². The van der Waals surface area contributed by atoms with Crippen LogP contribution in [0.3, 0.4) is 0 Å². The summed E-state index contributed by atoms with van der Waals surface area (Å²) < 4.78 is 5.56. The Morgan fingerprint density at radius 2 is 2.67 bits per heavy atom. The van der Waals surface area contributed by atoms with Crippen molar-refractivity contribution < 1.29 is 4.74 Å². The van der Waals surface area contributed by atoms with Crippen LogP contribution in [-0.2, 0) is 17.6 Å². The lowest BCUT2D eigenvalue weighted by Gasteiger charge is -2.20. The van der Waals surface area contributed by atoms with Crippen LogP contribution in [0.4, 0.5) is 0 Å². The highest BCUT2D eigenvalue weighted by molar-refractivity contribution is 5.20. The standard InChI is InChI=1S/C9H14N2O/c1-2-12-8-4-3-7-6-10-11-9(7)5-8/h6,8H,2-5H2,1H3,(H,10,11). The Hall–Kier alpha value is -0.830. The van der Waals surface area contributed by atoms with Crippen LogP contribution in [-0.4, -0.2) is 22.9 Å². The predicted octanol–water partition coefficient (Wildman–Crippen LogP) is 1.30. The van der Waals surface area contributed by atoms with E-state index in [2.05, 4.69) is 10.2 Å². The number of ether oxygens (including phenoxy) is 1. The Balaban J connectivity index is 2.05. The van der Waals surface area contributed by atoms with Gasteiger partial charge in [0.15, 0.2) is 0 Å². The molecule has 12 heavy (non-hydrogen) atoms. The van der Waals surface area contributed by atoms with Crippen LogP contribution in [0, 0.1) is 0 Å². The minimum absolute atomic E-state index is 0.406. The maximum Gasteiger partial charge on any atom is 0.0633 e. The molecule has 1 heterocycles. The molecule has 0 aliphatic heterocycles. The fourth-order valence-corrected chi connectivity index (χ4v) is 1.75. The normalized spacial score (nSPS) is 22.2. The third-order valence-electron chi connectivity index (χ3n) is 2.38. The molecule has 1 unspecified atom stereocenters. The quantitative estimate of drug-likeness (QED) is 0.719. The second-order valence-electron chi connectivity index (χ2n) is 3.19. The SMILES string of the molecule is CCOC1CCc2cn[nH]c2C1. The lowest BCUT2D eigenvalue weighted by Crippen LogP contribution is -2.22. The van der Waals surface area contributed by atoms with E-state index < -0.39 is 0 Å². The van der Waals surface area contributed by atoms with E-state index >= 15 is 0 Å². The first-order valence-corrected chi connectivity index (χ1v) is 4.53. The van der Waals surface area contributed by atoms with Crippen molar-refractivity contribution in [2.75, 3.05) is 6.61 Å². The Morgan fingerprint density at radius 1 is 1.75 bits per heavy atom. The van der Waals surface area contributed by atoms with Gasteiger partial charge in [-0.15, -0.1) is 0 Å². The molecule has 1 aliphatic rings. The highest BCUT2D eigenvalue weighted by atomic mass is 16.5. The molecule has 1 aromatic heterocycles. The van der Waals surface area contributed by atoms with E-state index in [-0.39, 0.29) is 0 Å². The maximum absolute atomic E-state index is 5.56. The molecule has 66 valence electrons. The fraction of sp³-hybridized carbons (Fsp3) is 0.667. The lowest BCUT2D eigenvalue weighted by molar-refractivity contribution is 0.0528. The lowest BCUT2D eigenvalue weighted by atomic mass is 9.96. The van der Waals surface area contributed by atoms with Crippen molar-refractivity contribution in [2.24, 2.45) is 0 Å². The topological polar surface area (TPSA) is 37.9 Å². The van der Waals surface area contributed by atoms with Crippen molar-refractivity contribution in [1.82, 2.24) is 10.2 Å². The molecular formula is C9H14N2O. The molecule has 1 aromatic rings. The van der Waals surface area contributed by atoms with Gasteiger partial charge in [0.25, 0.3) is 0 Å². The molecule has 0 saturated heterocycles. The van der Waals surface area contributed by atoms with Crippen molar-refractivity contribution in [3.63, 3.8) is 0 Å². The predicted molar refractivity (Wildman–Crippen MR) is 46.0 cm³/mol. The van der Waals surface area contributed by atoms with Crippen molar-refractivity contribution in [1.29, 1.82) is 0 Å². The van der Waals surface area contributed by atoms with Crippen molar-refractivity contribution in [3.8, 4) is 0 Å². The molecule has 3 nitrogen and oxygen atoms in total. The van der Waals surface area contributed by atoms with Gasteiger partial charge < -0.3 is 4.74 Å². The van der Waals surface area contributed by atoms with Gasteiger partial charge in [0.05, 0.1) is 12.3 Å². The number of aromatic amines is 1. The highest BCUT2D eigenvalue weighted by Crippen LogP contribution is 2.20. The van der Waals surface area contributed by atoms with Gasteiger partial charge in [0, 0.05) is 18.7 Å². The minimum atomic E-state index is 0.406. The smallest absolute Gasteiger partial charge is 0.0633 e. The van der Waals surface area contributed by atoms with E-state index in [1.54, 1.807) is 0 Å². The maximum atomic E-state index is 5.56. The zero-order valence-electron chi connectivity index (χ0n) is 7.34. The van der Waals surface area contributed by atoms with Gasteiger partial charge in [-0.25, -0.2) is 0 Å². The van der Waals surface area contributed by atoms with Gasteiger partial charge in [-0.05, 0) is 25.3 Å². The molecule has 0 radical (unpaired) electrons. The van der Waals surface area contributed by atoms with E-state index in [0.29, 0.717) is 6.10 Å². The number of nitrogens with one attached hydrogen (secondary N) is 1. The van der Waals surface area contributed by atoms with Crippen LogP contribution in [0.25, 0.3) is 0 Å². The number of rotatable bonds is 2. The second-order valence-corrected chi connectivity index (χ2v) is 3.19. The van der Waals surface area contributed by atoms with Crippen LogP contribution in [0.5, 0.6) is 0 Å². The molecule has 0 saturated carbocycles. The Bertz CT molecular complexity index is 257. The van der Waals surface area contributed by atoms with Crippen LogP contribution < -0.4 is 0 Å². The third kappa shape index (κ3) is 1.37. The number of aryl methyl sites for hydroxylation is 1. The zero-order valence-corrected chi connectivity index (χ0v) is 7.34.